The lowest BCUT2D eigenvalue weighted by Crippen LogP contribution is -2.25. The van der Waals surface area contributed by atoms with Crippen LogP contribution in [0.15, 0.2) is 30.3 Å². The van der Waals surface area contributed by atoms with Crippen molar-refractivity contribution in [2.75, 3.05) is 28.0 Å². The van der Waals surface area contributed by atoms with Crippen LogP contribution in [0.2, 0.25) is 0 Å². The maximum atomic E-state index is 6.26. The van der Waals surface area contributed by atoms with Crippen LogP contribution in [-0.4, -0.2) is 32.9 Å². The maximum absolute atomic E-state index is 6.26. The van der Waals surface area contributed by atoms with Crippen molar-refractivity contribution in [3.8, 4) is 5.75 Å². The van der Waals surface area contributed by atoms with Crippen LogP contribution in [0.25, 0.3) is 0 Å². The average Bonchev–Trinajstić information content (AvgIpc) is 2.73. The molecule has 4 heteroatoms. The standard InChI is InChI=1S/C30H48NO2P/c1-11-12-13-16-30(7,34-27-15-14-22(2)17-24(27)20-31(8)9)26-19-25(29(4,5)6)18-23(3)28(26)33-21-32-10/h14-15,17-19,34H,11-13,16,20-21H2,1-10H3. The van der Waals surface area contributed by atoms with Gasteiger partial charge in [-0.1, -0.05) is 98.4 Å². The van der Waals surface area contributed by atoms with Crippen molar-refractivity contribution in [2.24, 2.45) is 0 Å². The van der Waals surface area contributed by atoms with Crippen LogP contribution in [0.3, 0.4) is 0 Å². The number of benzene rings is 2. The summed E-state index contributed by atoms with van der Waals surface area (Å²) in [5.74, 6) is 1.00. The number of nitrogens with zero attached hydrogens (tertiary/aromatic N) is 1. The van der Waals surface area contributed by atoms with E-state index in [9.17, 15) is 0 Å². The molecule has 0 aliphatic rings. The van der Waals surface area contributed by atoms with Gasteiger partial charge in [-0.2, -0.15) is 0 Å². The number of hydrogen-bond acceptors (Lipinski definition) is 3. The molecule has 0 radical (unpaired) electrons. The summed E-state index contributed by atoms with van der Waals surface area (Å²) in [6.07, 6.45) is 4.84. The minimum Gasteiger partial charge on any atom is -0.467 e. The van der Waals surface area contributed by atoms with Gasteiger partial charge in [0.05, 0.1) is 0 Å². The monoisotopic (exact) mass is 485 g/mol. The molecule has 0 aromatic heterocycles. The van der Waals surface area contributed by atoms with Crippen molar-refractivity contribution < 1.29 is 9.47 Å². The summed E-state index contributed by atoms with van der Waals surface area (Å²) in [4.78, 5) is 2.27. The molecule has 3 nitrogen and oxygen atoms in total. The molecule has 34 heavy (non-hydrogen) atoms. The third kappa shape index (κ3) is 7.80. The SMILES string of the molecule is CCCCCC(C)(Pc1ccc(C)cc1CN(C)C)c1cc(C(C)(C)C)cc(C)c1OCOC. The van der Waals surface area contributed by atoms with Gasteiger partial charge in [-0.05, 0) is 61.8 Å². The highest BCUT2D eigenvalue weighted by Gasteiger charge is 2.33. The lowest BCUT2D eigenvalue weighted by atomic mass is 9.82. The summed E-state index contributed by atoms with van der Waals surface area (Å²) in [5.41, 5.74) is 6.74. The van der Waals surface area contributed by atoms with Gasteiger partial charge in [0.2, 0.25) is 0 Å². The first-order chi connectivity index (χ1) is 15.9. The van der Waals surface area contributed by atoms with Crippen molar-refractivity contribution >= 4 is 13.9 Å². The summed E-state index contributed by atoms with van der Waals surface area (Å²) in [6, 6.07) is 11.7. The van der Waals surface area contributed by atoms with Crippen molar-refractivity contribution in [1.29, 1.82) is 0 Å². The van der Waals surface area contributed by atoms with Crippen LogP contribution in [0.5, 0.6) is 5.75 Å². The normalized spacial score (nSPS) is 14.2. The van der Waals surface area contributed by atoms with E-state index >= 15 is 0 Å². The Morgan fingerprint density at radius 1 is 0.971 bits per heavy atom. The summed E-state index contributed by atoms with van der Waals surface area (Å²) >= 11 is 0. The molecule has 2 atom stereocenters. The minimum absolute atomic E-state index is 0.0133. The zero-order valence-corrected chi connectivity index (χ0v) is 24.4. The molecule has 0 heterocycles. The van der Waals surface area contributed by atoms with E-state index < -0.39 is 0 Å². The van der Waals surface area contributed by atoms with Gasteiger partial charge in [0.15, 0.2) is 6.79 Å². The van der Waals surface area contributed by atoms with Gasteiger partial charge < -0.3 is 14.4 Å². The molecule has 0 fully saturated rings. The fourth-order valence-electron chi connectivity index (χ4n) is 4.53. The fraction of sp³-hybridized carbons (Fsp3) is 0.600. The quantitative estimate of drug-likeness (QED) is 0.177. The van der Waals surface area contributed by atoms with Gasteiger partial charge in [0.1, 0.15) is 5.75 Å². The van der Waals surface area contributed by atoms with Gasteiger partial charge in [-0.25, -0.2) is 0 Å². The van der Waals surface area contributed by atoms with E-state index in [4.69, 9.17) is 9.47 Å². The molecule has 0 saturated carbocycles. The van der Waals surface area contributed by atoms with E-state index in [-0.39, 0.29) is 17.4 Å². The molecule has 190 valence electrons. The van der Waals surface area contributed by atoms with E-state index in [1.165, 1.54) is 52.4 Å². The highest BCUT2D eigenvalue weighted by Crippen LogP contribution is 2.50. The Kier molecular flexibility index (Phi) is 10.6. The Morgan fingerprint density at radius 3 is 2.26 bits per heavy atom. The van der Waals surface area contributed by atoms with E-state index in [0.717, 1.165) is 18.7 Å². The summed E-state index contributed by atoms with van der Waals surface area (Å²) in [6.45, 7) is 17.2. The Morgan fingerprint density at radius 2 is 1.68 bits per heavy atom. The van der Waals surface area contributed by atoms with Crippen molar-refractivity contribution in [3.05, 3.63) is 58.1 Å². The largest absolute Gasteiger partial charge is 0.467 e. The lowest BCUT2D eigenvalue weighted by molar-refractivity contribution is 0.0494. The molecule has 2 aromatic rings. The van der Waals surface area contributed by atoms with E-state index in [0.29, 0.717) is 8.58 Å². The molecular weight excluding hydrogens is 437 g/mol. The predicted octanol–water partition coefficient (Wildman–Crippen LogP) is 7.44. The summed E-state index contributed by atoms with van der Waals surface area (Å²) in [7, 11) is 6.67. The first kappa shape index (κ1) is 28.8. The van der Waals surface area contributed by atoms with Crippen molar-refractivity contribution in [1.82, 2.24) is 4.90 Å². The number of methoxy groups -OCH3 is 1. The van der Waals surface area contributed by atoms with Crippen molar-refractivity contribution in [3.63, 3.8) is 0 Å². The van der Waals surface area contributed by atoms with Crippen LogP contribution in [0.1, 0.15) is 88.1 Å². The number of ether oxygens (including phenoxy) is 2. The second kappa shape index (κ2) is 12.5. The molecule has 0 saturated heterocycles. The van der Waals surface area contributed by atoms with Crippen LogP contribution < -0.4 is 10.0 Å². The molecule has 0 amide bonds. The van der Waals surface area contributed by atoms with Crippen LogP contribution in [0.4, 0.5) is 0 Å². The Balaban J connectivity index is 2.69. The maximum Gasteiger partial charge on any atom is 0.188 e. The lowest BCUT2D eigenvalue weighted by Gasteiger charge is -2.35. The molecule has 0 N–H and O–H groups in total. The van der Waals surface area contributed by atoms with Gasteiger partial charge in [-0.15, -0.1) is 0 Å². The molecular formula is C30H48NO2P. The molecule has 0 spiro atoms. The first-order valence-electron chi connectivity index (χ1n) is 12.7. The number of unbranched alkanes of at least 4 members (excludes halogenated alkanes) is 2. The van der Waals surface area contributed by atoms with Crippen LogP contribution in [0, 0.1) is 13.8 Å². The fourth-order valence-corrected chi connectivity index (χ4v) is 6.23. The van der Waals surface area contributed by atoms with Gasteiger partial charge >= 0.3 is 0 Å². The summed E-state index contributed by atoms with van der Waals surface area (Å²) < 4.78 is 11.6. The van der Waals surface area contributed by atoms with Gasteiger partial charge in [0.25, 0.3) is 0 Å². The Hall–Kier alpha value is -1.41. The van der Waals surface area contributed by atoms with Gasteiger partial charge in [0, 0.05) is 24.4 Å². The molecule has 2 rings (SSSR count). The number of aryl methyl sites for hydroxylation is 2. The second-order valence-corrected chi connectivity index (χ2v) is 13.2. The first-order valence-corrected chi connectivity index (χ1v) is 13.7. The molecule has 2 aromatic carbocycles. The van der Waals surface area contributed by atoms with E-state index in [1.807, 2.05) is 0 Å². The third-order valence-corrected chi connectivity index (χ3v) is 8.32. The molecule has 0 bridgehead atoms. The minimum atomic E-state index is -0.0133. The highest BCUT2D eigenvalue weighted by atomic mass is 31.1. The van der Waals surface area contributed by atoms with Crippen LogP contribution >= 0.6 is 8.58 Å². The second-order valence-electron chi connectivity index (χ2n) is 11.3. The van der Waals surface area contributed by atoms with E-state index in [1.54, 1.807) is 7.11 Å². The Bertz CT molecular complexity index is 932. The third-order valence-electron chi connectivity index (χ3n) is 6.49. The van der Waals surface area contributed by atoms with Gasteiger partial charge in [-0.3, -0.25) is 0 Å². The summed E-state index contributed by atoms with van der Waals surface area (Å²) in [5, 5.41) is 1.45. The topological polar surface area (TPSA) is 21.7 Å². The zero-order chi connectivity index (χ0) is 25.5. The molecule has 0 aliphatic carbocycles. The van der Waals surface area contributed by atoms with Crippen LogP contribution in [-0.2, 0) is 21.9 Å². The molecule has 2 unspecified atom stereocenters. The Labute approximate surface area is 211 Å². The zero-order valence-electron chi connectivity index (χ0n) is 23.4. The highest BCUT2D eigenvalue weighted by molar-refractivity contribution is 7.48. The molecule has 0 aliphatic heterocycles. The number of hydrogen-bond donors (Lipinski definition) is 0. The number of rotatable bonds is 12. The van der Waals surface area contributed by atoms with Crippen molar-refractivity contribution in [2.45, 2.75) is 91.3 Å². The average molecular weight is 486 g/mol. The smallest absolute Gasteiger partial charge is 0.188 e. The predicted molar refractivity (Wildman–Crippen MR) is 150 cm³/mol. The van der Waals surface area contributed by atoms with E-state index in [2.05, 4.69) is 97.8 Å².